The smallest absolute Gasteiger partial charge is 0.235 e. The molecular weight excluding hydrogens is 919 g/mol. The van der Waals surface area contributed by atoms with E-state index >= 15 is 0 Å². The lowest BCUT2D eigenvalue weighted by Gasteiger charge is -2.25. The first kappa shape index (κ1) is 42.1. The van der Waals surface area contributed by atoms with Crippen molar-refractivity contribution >= 4 is 104 Å². The molecule has 0 bridgehead atoms. The number of hydrogen-bond donors (Lipinski definition) is 0. The van der Waals surface area contributed by atoms with Crippen LogP contribution < -0.4 is 4.90 Å². The fourth-order valence-electron chi connectivity index (χ4n) is 11.3. The molecule has 0 atom stereocenters. The minimum absolute atomic E-state index is 0.633. The van der Waals surface area contributed by atoms with Crippen molar-refractivity contribution in [2.24, 2.45) is 0 Å². The van der Waals surface area contributed by atoms with Crippen LogP contribution in [0, 0.1) is 0 Å². The van der Waals surface area contributed by atoms with Gasteiger partial charge in [0.05, 0.1) is 38.0 Å². The lowest BCUT2D eigenvalue weighted by molar-refractivity contribution is 1.02. The number of hydrogen-bond acceptors (Lipinski definition) is 4. The van der Waals surface area contributed by atoms with Crippen molar-refractivity contribution in [2.45, 2.75) is 0 Å². The second kappa shape index (κ2) is 17.0. The number of nitrogens with zero attached hydrogens (tertiary/aromatic N) is 5. The number of aromatic nitrogens is 4. The van der Waals surface area contributed by atoms with E-state index in [0.29, 0.717) is 5.95 Å². The van der Waals surface area contributed by atoms with Crippen LogP contribution in [0.2, 0.25) is 0 Å². The average molecular weight is 962 g/mol. The molecule has 74 heavy (non-hydrogen) atoms. The van der Waals surface area contributed by atoms with Gasteiger partial charge in [-0.25, -0.2) is 9.97 Å². The predicted molar refractivity (Wildman–Crippen MR) is 312 cm³/mol. The van der Waals surface area contributed by atoms with Crippen LogP contribution >= 0.6 is 11.3 Å². The van der Waals surface area contributed by atoms with Gasteiger partial charge in [0.15, 0.2) is 0 Å². The Morgan fingerprint density at radius 2 is 0.865 bits per heavy atom. The van der Waals surface area contributed by atoms with E-state index in [9.17, 15) is 0 Å². The zero-order valence-electron chi connectivity index (χ0n) is 40.0. The van der Waals surface area contributed by atoms with E-state index in [1.807, 2.05) is 0 Å². The number of fused-ring (bicyclic) bond motifs is 11. The maximum Gasteiger partial charge on any atom is 0.235 e. The van der Waals surface area contributed by atoms with E-state index in [0.717, 1.165) is 82.2 Å². The molecule has 0 fully saturated rings. The van der Waals surface area contributed by atoms with Crippen LogP contribution in [0.15, 0.2) is 261 Å². The molecule has 0 saturated heterocycles. The summed E-state index contributed by atoms with van der Waals surface area (Å²) in [5, 5.41) is 9.71. The minimum atomic E-state index is 0.633. The van der Waals surface area contributed by atoms with Crippen molar-refractivity contribution in [3.8, 4) is 44.5 Å². The molecule has 5 nitrogen and oxygen atoms in total. The Labute approximate surface area is 430 Å². The highest BCUT2D eigenvalue weighted by Gasteiger charge is 2.23. The summed E-state index contributed by atoms with van der Waals surface area (Å²) in [5.74, 6) is 0.633. The molecular formula is C68H43N5S. The summed E-state index contributed by atoms with van der Waals surface area (Å²) in [7, 11) is 0. The van der Waals surface area contributed by atoms with Crippen LogP contribution in [0.1, 0.15) is 0 Å². The lowest BCUT2D eigenvalue weighted by atomic mass is 9.98. The minimum Gasteiger partial charge on any atom is -0.311 e. The molecule has 4 aromatic heterocycles. The maximum absolute atomic E-state index is 5.63. The Morgan fingerprint density at radius 1 is 0.338 bits per heavy atom. The second-order valence-corrected chi connectivity index (χ2v) is 20.0. The summed E-state index contributed by atoms with van der Waals surface area (Å²) < 4.78 is 5.76. The van der Waals surface area contributed by atoms with Crippen LogP contribution in [-0.2, 0) is 0 Å². The molecule has 11 aromatic carbocycles. The van der Waals surface area contributed by atoms with Gasteiger partial charge in [0, 0.05) is 54.7 Å². The average Bonchev–Trinajstić information content (AvgIpc) is 4.17. The zero-order valence-corrected chi connectivity index (χ0v) is 40.8. The Balaban J connectivity index is 0.936. The number of para-hydroxylation sites is 3. The first-order valence-corrected chi connectivity index (χ1v) is 25.9. The van der Waals surface area contributed by atoms with Gasteiger partial charge in [0.1, 0.15) is 0 Å². The molecule has 0 N–H and O–H groups in total. The molecule has 4 heterocycles. The summed E-state index contributed by atoms with van der Waals surface area (Å²) in [4.78, 5) is 14.6. The van der Waals surface area contributed by atoms with Crippen LogP contribution in [0.25, 0.3) is 120 Å². The molecule has 0 amide bonds. The van der Waals surface area contributed by atoms with E-state index in [-0.39, 0.29) is 0 Å². The van der Waals surface area contributed by atoms with Gasteiger partial charge < -0.3 is 9.47 Å². The third-order valence-electron chi connectivity index (χ3n) is 14.7. The molecule has 346 valence electrons. The molecule has 6 heteroatoms. The van der Waals surface area contributed by atoms with E-state index in [1.165, 1.54) is 48.7 Å². The Bertz CT molecular complexity index is 4600. The highest BCUT2D eigenvalue weighted by atomic mass is 32.1. The number of thiophene rings is 1. The topological polar surface area (TPSA) is 38.9 Å². The maximum atomic E-state index is 5.63. The molecule has 0 unspecified atom stereocenters. The number of anilines is 3. The van der Waals surface area contributed by atoms with E-state index in [2.05, 4.69) is 275 Å². The molecule has 0 aliphatic carbocycles. The van der Waals surface area contributed by atoms with Crippen LogP contribution in [0.5, 0.6) is 0 Å². The number of benzene rings is 11. The van der Waals surface area contributed by atoms with E-state index in [1.54, 1.807) is 11.3 Å². The van der Waals surface area contributed by atoms with Crippen LogP contribution in [-0.4, -0.2) is 19.1 Å². The van der Waals surface area contributed by atoms with Crippen LogP contribution in [0.4, 0.5) is 17.1 Å². The largest absolute Gasteiger partial charge is 0.311 e. The SMILES string of the molecule is c1ccc(-c2cc3nc(-n4c5ccc(-c6ccc7c8c9ccccc9ccc8n(-c8ccccc8)c7c6)cc5c5c6ccccc6ccc54)nc(-c4ccc(N(c5ccccc5)c5ccccc5)cc4)c3s2)cc1. The van der Waals surface area contributed by atoms with Crippen molar-refractivity contribution in [3.05, 3.63) is 261 Å². The molecule has 15 rings (SSSR count). The predicted octanol–water partition coefficient (Wildman–Crippen LogP) is 18.7. The second-order valence-electron chi connectivity index (χ2n) is 18.9. The normalized spacial score (nSPS) is 11.8. The first-order valence-electron chi connectivity index (χ1n) is 25.1. The molecule has 0 saturated carbocycles. The van der Waals surface area contributed by atoms with Gasteiger partial charge in [-0.1, -0.05) is 176 Å². The lowest BCUT2D eigenvalue weighted by Crippen LogP contribution is -2.09. The fourth-order valence-corrected chi connectivity index (χ4v) is 12.4. The molecule has 0 aliphatic rings. The van der Waals surface area contributed by atoms with Gasteiger partial charge >= 0.3 is 0 Å². The standard InChI is InChI=1S/C68H43N5S/c1-5-19-46(20-6-1)63-43-58-67(74-63)66(47-29-35-53(36-30-47)71(50-21-7-2-8-22-50)51-23-9-3-10-24-51)70-68(69-58)73-59-38-34-48(41-57(59)65-55-28-16-14-18-45(55)33-40-61(65)73)49-31-37-56-62(42-49)72(52-25-11-4-12-26-52)60-39-32-44-17-13-15-27-54(44)64(56)60/h1-43H. The quantitative estimate of drug-likeness (QED) is 0.152. The van der Waals surface area contributed by atoms with Gasteiger partial charge in [-0.15, -0.1) is 11.3 Å². The van der Waals surface area contributed by atoms with E-state index < -0.39 is 0 Å². The number of rotatable bonds is 8. The van der Waals surface area contributed by atoms with Crippen molar-refractivity contribution < 1.29 is 0 Å². The fraction of sp³-hybridized carbons (Fsp3) is 0. The summed E-state index contributed by atoms with van der Waals surface area (Å²) in [5.41, 5.74) is 15.2. The molecule has 0 spiro atoms. The van der Waals surface area contributed by atoms with Crippen LogP contribution in [0.3, 0.4) is 0 Å². The Kier molecular flexibility index (Phi) is 9.68. The van der Waals surface area contributed by atoms with Crippen molar-refractivity contribution in [3.63, 3.8) is 0 Å². The summed E-state index contributed by atoms with van der Waals surface area (Å²) in [6, 6.07) is 93.9. The van der Waals surface area contributed by atoms with E-state index in [4.69, 9.17) is 9.97 Å². The summed E-state index contributed by atoms with van der Waals surface area (Å²) in [6.07, 6.45) is 0. The molecule has 0 aliphatic heterocycles. The Hall–Kier alpha value is -9.62. The zero-order chi connectivity index (χ0) is 48.7. The summed E-state index contributed by atoms with van der Waals surface area (Å²) >= 11 is 1.75. The molecule has 0 radical (unpaired) electrons. The third kappa shape index (κ3) is 6.77. The highest BCUT2D eigenvalue weighted by molar-refractivity contribution is 7.22. The van der Waals surface area contributed by atoms with Gasteiger partial charge in [0.2, 0.25) is 5.95 Å². The molecule has 15 aromatic rings. The highest BCUT2D eigenvalue weighted by Crippen LogP contribution is 2.44. The Morgan fingerprint density at radius 3 is 1.54 bits per heavy atom. The van der Waals surface area contributed by atoms with Crippen molar-refractivity contribution in [1.82, 2.24) is 19.1 Å². The monoisotopic (exact) mass is 961 g/mol. The van der Waals surface area contributed by atoms with Gasteiger partial charge in [-0.05, 0) is 123 Å². The van der Waals surface area contributed by atoms with Gasteiger partial charge in [-0.3, -0.25) is 4.57 Å². The van der Waals surface area contributed by atoms with Crippen molar-refractivity contribution in [1.29, 1.82) is 0 Å². The first-order chi connectivity index (χ1) is 36.7. The van der Waals surface area contributed by atoms with Gasteiger partial charge in [0.25, 0.3) is 0 Å². The van der Waals surface area contributed by atoms with Gasteiger partial charge in [-0.2, -0.15) is 0 Å². The van der Waals surface area contributed by atoms with Crippen molar-refractivity contribution in [2.75, 3.05) is 4.90 Å². The third-order valence-corrected chi connectivity index (χ3v) is 15.9. The summed E-state index contributed by atoms with van der Waals surface area (Å²) in [6.45, 7) is 0.